The summed E-state index contributed by atoms with van der Waals surface area (Å²) in [6.07, 6.45) is 4.36. The summed E-state index contributed by atoms with van der Waals surface area (Å²) < 4.78 is 1.87. The first-order valence-electron chi connectivity index (χ1n) is 5.86. The summed E-state index contributed by atoms with van der Waals surface area (Å²) >= 11 is 0. The lowest BCUT2D eigenvalue weighted by Crippen LogP contribution is -2.28. The van der Waals surface area contributed by atoms with Gasteiger partial charge in [-0.3, -0.25) is 4.68 Å². The van der Waals surface area contributed by atoms with Crippen LogP contribution >= 0.6 is 0 Å². The van der Waals surface area contributed by atoms with Crippen molar-refractivity contribution in [2.75, 3.05) is 6.54 Å². The van der Waals surface area contributed by atoms with Gasteiger partial charge >= 0.3 is 0 Å². The Hall–Kier alpha value is -0.830. The first kappa shape index (κ1) is 12.2. The van der Waals surface area contributed by atoms with Gasteiger partial charge in [-0.05, 0) is 32.4 Å². The van der Waals surface area contributed by atoms with Gasteiger partial charge in [0.2, 0.25) is 0 Å². The third-order valence-electron chi connectivity index (χ3n) is 2.69. The third kappa shape index (κ3) is 4.04. The van der Waals surface area contributed by atoms with Gasteiger partial charge in [-0.25, -0.2) is 0 Å². The number of aromatic nitrogens is 2. The van der Waals surface area contributed by atoms with E-state index >= 15 is 0 Å². The lowest BCUT2D eigenvalue weighted by Gasteiger charge is -2.16. The SMILES string of the molecule is CCCNC(C)CC(C)c1ccn(C)n1. The molecule has 0 aliphatic rings. The van der Waals surface area contributed by atoms with Crippen molar-refractivity contribution < 1.29 is 0 Å². The minimum absolute atomic E-state index is 0.533. The molecular formula is C12H23N3. The maximum atomic E-state index is 4.43. The highest BCUT2D eigenvalue weighted by atomic mass is 15.2. The number of nitrogens with zero attached hydrogens (tertiary/aromatic N) is 2. The molecule has 0 aliphatic heterocycles. The Labute approximate surface area is 92.9 Å². The Kier molecular flexibility index (Phi) is 4.82. The lowest BCUT2D eigenvalue weighted by molar-refractivity contribution is 0.472. The molecule has 2 unspecified atom stereocenters. The van der Waals surface area contributed by atoms with Gasteiger partial charge in [-0.1, -0.05) is 13.8 Å². The normalized spacial score (nSPS) is 15.2. The van der Waals surface area contributed by atoms with Gasteiger partial charge in [-0.15, -0.1) is 0 Å². The predicted molar refractivity (Wildman–Crippen MR) is 64.0 cm³/mol. The Balaban J connectivity index is 2.38. The van der Waals surface area contributed by atoms with Crippen LogP contribution in [0.5, 0.6) is 0 Å². The van der Waals surface area contributed by atoms with Crippen LogP contribution in [0.4, 0.5) is 0 Å². The molecule has 3 nitrogen and oxygen atoms in total. The highest BCUT2D eigenvalue weighted by molar-refractivity contribution is 5.05. The zero-order valence-corrected chi connectivity index (χ0v) is 10.3. The molecule has 86 valence electrons. The van der Waals surface area contributed by atoms with E-state index in [-0.39, 0.29) is 0 Å². The van der Waals surface area contributed by atoms with Crippen molar-refractivity contribution in [2.45, 2.75) is 45.6 Å². The number of rotatable bonds is 6. The Bertz CT molecular complexity index is 280. The number of hydrogen-bond acceptors (Lipinski definition) is 2. The molecule has 0 aliphatic carbocycles. The summed E-state index contributed by atoms with van der Waals surface area (Å²) in [6, 6.07) is 2.68. The van der Waals surface area contributed by atoms with Gasteiger partial charge in [0.25, 0.3) is 0 Å². The monoisotopic (exact) mass is 209 g/mol. The largest absolute Gasteiger partial charge is 0.314 e. The molecule has 0 radical (unpaired) electrons. The van der Waals surface area contributed by atoms with Crippen LogP contribution in [0.3, 0.4) is 0 Å². The fourth-order valence-electron chi connectivity index (χ4n) is 1.82. The van der Waals surface area contributed by atoms with E-state index in [9.17, 15) is 0 Å². The van der Waals surface area contributed by atoms with Crippen LogP contribution in [0.25, 0.3) is 0 Å². The van der Waals surface area contributed by atoms with Gasteiger partial charge < -0.3 is 5.32 Å². The molecule has 1 N–H and O–H groups in total. The molecule has 0 spiro atoms. The van der Waals surface area contributed by atoms with Crippen molar-refractivity contribution in [3.8, 4) is 0 Å². The topological polar surface area (TPSA) is 29.9 Å². The molecule has 1 aromatic heterocycles. The Morgan fingerprint density at radius 2 is 2.20 bits per heavy atom. The Morgan fingerprint density at radius 1 is 1.47 bits per heavy atom. The van der Waals surface area contributed by atoms with Crippen LogP contribution in [0.2, 0.25) is 0 Å². The average Bonchev–Trinajstić information content (AvgIpc) is 2.61. The average molecular weight is 209 g/mol. The fourth-order valence-corrected chi connectivity index (χ4v) is 1.82. The summed E-state index contributed by atoms with van der Waals surface area (Å²) in [6.45, 7) is 7.79. The van der Waals surface area contributed by atoms with Gasteiger partial charge in [-0.2, -0.15) is 5.10 Å². The van der Waals surface area contributed by atoms with Crippen molar-refractivity contribution >= 4 is 0 Å². The molecule has 15 heavy (non-hydrogen) atoms. The summed E-state index contributed by atoms with van der Waals surface area (Å²) in [4.78, 5) is 0. The molecule has 0 saturated heterocycles. The molecule has 1 heterocycles. The van der Waals surface area contributed by atoms with Crippen molar-refractivity contribution in [3.05, 3.63) is 18.0 Å². The minimum Gasteiger partial charge on any atom is -0.314 e. The number of hydrogen-bond donors (Lipinski definition) is 1. The molecular weight excluding hydrogens is 186 g/mol. The standard InChI is InChI=1S/C12H23N3/c1-5-7-13-11(3)9-10(2)12-6-8-15(4)14-12/h6,8,10-11,13H,5,7,9H2,1-4H3. The highest BCUT2D eigenvalue weighted by Crippen LogP contribution is 2.18. The summed E-state index contributed by atoms with van der Waals surface area (Å²) in [5, 5.41) is 7.94. The van der Waals surface area contributed by atoms with E-state index in [4.69, 9.17) is 0 Å². The van der Waals surface area contributed by atoms with E-state index in [0.29, 0.717) is 12.0 Å². The van der Waals surface area contributed by atoms with Crippen molar-refractivity contribution in [3.63, 3.8) is 0 Å². The maximum absolute atomic E-state index is 4.43. The van der Waals surface area contributed by atoms with Crippen LogP contribution in [0.15, 0.2) is 12.3 Å². The van der Waals surface area contributed by atoms with Crippen LogP contribution < -0.4 is 5.32 Å². The maximum Gasteiger partial charge on any atom is 0.0653 e. The number of nitrogens with one attached hydrogen (secondary N) is 1. The van der Waals surface area contributed by atoms with Crippen molar-refractivity contribution in [1.29, 1.82) is 0 Å². The fraction of sp³-hybridized carbons (Fsp3) is 0.750. The first-order chi connectivity index (χ1) is 7.13. The van der Waals surface area contributed by atoms with Crippen LogP contribution in [0, 0.1) is 0 Å². The molecule has 0 bridgehead atoms. The second-order valence-electron chi connectivity index (χ2n) is 4.41. The van der Waals surface area contributed by atoms with E-state index in [0.717, 1.165) is 13.0 Å². The van der Waals surface area contributed by atoms with E-state index in [1.807, 2.05) is 17.9 Å². The van der Waals surface area contributed by atoms with E-state index in [1.165, 1.54) is 12.1 Å². The number of aryl methyl sites for hydroxylation is 1. The van der Waals surface area contributed by atoms with Gasteiger partial charge in [0, 0.05) is 25.2 Å². The molecule has 0 saturated carbocycles. The zero-order valence-electron chi connectivity index (χ0n) is 10.3. The predicted octanol–water partition coefficient (Wildman–Crippen LogP) is 2.30. The minimum atomic E-state index is 0.533. The molecule has 0 fully saturated rings. The van der Waals surface area contributed by atoms with Gasteiger partial charge in [0.15, 0.2) is 0 Å². The van der Waals surface area contributed by atoms with Crippen LogP contribution in [-0.2, 0) is 7.05 Å². The second kappa shape index (κ2) is 5.91. The molecule has 1 rings (SSSR count). The van der Waals surface area contributed by atoms with Gasteiger partial charge in [0.05, 0.1) is 5.69 Å². The lowest BCUT2D eigenvalue weighted by atomic mass is 9.99. The van der Waals surface area contributed by atoms with E-state index < -0.39 is 0 Å². The zero-order chi connectivity index (χ0) is 11.3. The summed E-state index contributed by atoms with van der Waals surface area (Å²) in [7, 11) is 1.97. The van der Waals surface area contributed by atoms with Crippen LogP contribution in [-0.4, -0.2) is 22.4 Å². The van der Waals surface area contributed by atoms with Crippen molar-refractivity contribution in [2.24, 2.45) is 7.05 Å². The van der Waals surface area contributed by atoms with E-state index in [1.54, 1.807) is 0 Å². The Morgan fingerprint density at radius 3 is 2.73 bits per heavy atom. The van der Waals surface area contributed by atoms with Gasteiger partial charge in [0.1, 0.15) is 0 Å². The van der Waals surface area contributed by atoms with E-state index in [2.05, 4.69) is 37.3 Å². The first-order valence-corrected chi connectivity index (χ1v) is 5.86. The summed E-state index contributed by atoms with van der Waals surface area (Å²) in [5.41, 5.74) is 1.20. The van der Waals surface area contributed by atoms with Crippen LogP contribution in [0.1, 0.15) is 45.2 Å². The molecule has 0 aromatic carbocycles. The summed E-state index contributed by atoms with van der Waals surface area (Å²) in [5.74, 6) is 0.533. The molecule has 3 heteroatoms. The molecule has 1 aromatic rings. The smallest absolute Gasteiger partial charge is 0.0653 e. The van der Waals surface area contributed by atoms with Crippen molar-refractivity contribution in [1.82, 2.24) is 15.1 Å². The quantitative estimate of drug-likeness (QED) is 0.779. The molecule has 2 atom stereocenters. The molecule has 0 amide bonds. The third-order valence-corrected chi connectivity index (χ3v) is 2.69. The second-order valence-corrected chi connectivity index (χ2v) is 4.41. The highest BCUT2D eigenvalue weighted by Gasteiger charge is 2.12.